The van der Waals surface area contributed by atoms with Crippen molar-refractivity contribution in [1.29, 1.82) is 0 Å². The summed E-state index contributed by atoms with van der Waals surface area (Å²) in [5.74, 6) is -2.61. The van der Waals surface area contributed by atoms with Gasteiger partial charge in [0.2, 0.25) is 0 Å². The molecule has 0 aliphatic heterocycles. The zero-order valence-electron chi connectivity index (χ0n) is 17.9. The first kappa shape index (κ1) is 21.5. The van der Waals surface area contributed by atoms with Gasteiger partial charge in [0.05, 0.1) is 25.2 Å². The molecule has 0 aromatic heterocycles. The number of carbonyl (C=O) groups is 4. The third-order valence-corrected chi connectivity index (χ3v) is 5.81. The molecule has 0 radical (unpaired) electrons. The summed E-state index contributed by atoms with van der Waals surface area (Å²) in [6.07, 6.45) is 0.902. The molecular formula is C23H24O7. The molecule has 0 spiro atoms. The number of aliphatic hydroxyl groups excluding tert-OH is 1. The van der Waals surface area contributed by atoms with E-state index in [1.807, 2.05) is 6.92 Å². The van der Waals surface area contributed by atoms with Gasteiger partial charge in [0.25, 0.3) is 0 Å². The van der Waals surface area contributed by atoms with Crippen molar-refractivity contribution in [2.24, 2.45) is 5.41 Å². The van der Waals surface area contributed by atoms with Crippen molar-refractivity contribution in [2.75, 3.05) is 14.2 Å². The summed E-state index contributed by atoms with van der Waals surface area (Å²) in [5.41, 5.74) is -0.944. The number of esters is 1. The van der Waals surface area contributed by atoms with E-state index < -0.39 is 34.5 Å². The molecule has 3 rings (SSSR count). The number of Topliss-reactive ketones (excluding diaryl/α,β-unsaturated/α-hetero) is 3. The minimum atomic E-state index is -1.28. The van der Waals surface area contributed by atoms with Gasteiger partial charge in [-0.2, -0.15) is 0 Å². The summed E-state index contributed by atoms with van der Waals surface area (Å²) < 4.78 is 10.2. The SMILES string of the molecule is CCCc1c(C(=O)OC)c(OC)cc2c1C(=O)C1=C(C2=O)C(C)(C)C(=O)C(C)=C1O. The van der Waals surface area contributed by atoms with Crippen molar-refractivity contribution in [2.45, 2.75) is 40.5 Å². The highest BCUT2D eigenvalue weighted by molar-refractivity contribution is 6.33. The van der Waals surface area contributed by atoms with E-state index in [-0.39, 0.29) is 39.2 Å². The number of allylic oxidation sites excluding steroid dienone is 3. The largest absolute Gasteiger partial charge is 0.507 e. The van der Waals surface area contributed by atoms with Gasteiger partial charge < -0.3 is 14.6 Å². The summed E-state index contributed by atoms with van der Waals surface area (Å²) in [7, 11) is 2.58. The van der Waals surface area contributed by atoms with Crippen LogP contribution in [0.25, 0.3) is 0 Å². The van der Waals surface area contributed by atoms with Crippen molar-refractivity contribution in [3.05, 3.63) is 50.8 Å². The fraction of sp³-hybridized carbons (Fsp3) is 0.391. The Kier molecular flexibility index (Phi) is 5.18. The monoisotopic (exact) mass is 412 g/mol. The Labute approximate surface area is 174 Å². The maximum Gasteiger partial charge on any atom is 0.341 e. The maximum absolute atomic E-state index is 13.6. The molecule has 0 amide bonds. The predicted octanol–water partition coefficient (Wildman–Crippen LogP) is 3.55. The van der Waals surface area contributed by atoms with Crippen molar-refractivity contribution in [1.82, 2.24) is 0 Å². The number of ketones is 3. The number of hydrogen-bond donors (Lipinski definition) is 1. The lowest BCUT2D eigenvalue weighted by molar-refractivity contribution is -0.121. The maximum atomic E-state index is 13.6. The predicted molar refractivity (Wildman–Crippen MR) is 108 cm³/mol. The molecule has 1 aromatic rings. The summed E-state index contributed by atoms with van der Waals surface area (Å²) in [6.45, 7) is 6.42. The van der Waals surface area contributed by atoms with E-state index in [2.05, 4.69) is 0 Å². The molecule has 0 saturated heterocycles. The van der Waals surface area contributed by atoms with Gasteiger partial charge in [0.15, 0.2) is 17.3 Å². The Morgan fingerprint density at radius 2 is 1.77 bits per heavy atom. The Bertz CT molecular complexity index is 1080. The zero-order chi connectivity index (χ0) is 22.5. The van der Waals surface area contributed by atoms with Crippen molar-refractivity contribution >= 4 is 23.3 Å². The number of fused-ring (bicyclic) bond motifs is 1. The second-order valence-electron chi connectivity index (χ2n) is 7.93. The van der Waals surface area contributed by atoms with Gasteiger partial charge in [0.1, 0.15) is 17.1 Å². The van der Waals surface area contributed by atoms with Crippen LogP contribution in [0.1, 0.15) is 70.8 Å². The summed E-state index contributed by atoms with van der Waals surface area (Å²) in [6, 6.07) is 1.34. The third kappa shape index (κ3) is 2.72. The molecule has 2 aliphatic carbocycles. The Hall–Kier alpha value is -3.22. The van der Waals surface area contributed by atoms with Gasteiger partial charge in [0, 0.05) is 22.3 Å². The van der Waals surface area contributed by atoms with Crippen molar-refractivity contribution in [3.8, 4) is 5.75 Å². The molecule has 30 heavy (non-hydrogen) atoms. The number of methoxy groups -OCH3 is 2. The van der Waals surface area contributed by atoms with E-state index in [0.29, 0.717) is 18.4 Å². The highest BCUT2D eigenvalue weighted by atomic mass is 16.5. The lowest BCUT2D eigenvalue weighted by atomic mass is 9.64. The van der Waals surface area contributed by atoms with Crippen LogP contribution in [-0.2, 0) is 16.0 Å². The second kappa shape index (κ2) is 7.23. The molecule has 0 atom stereocenters. The highest BCUT2D eigenvalue weighted by Crippen LogP contribution is 2.47. The van der Waals surface area contributed by atoms with Crippen LogP contribution in [0.15, 0.2) is 28.5 Å². The van der Waals surface area contributed by atoms with Crippen molar-refractivity contribution < 1.29 is 33.8 Å². The molecular weight excluding hydrogens is 388 g/mol. The topological polar surface area (TPSA) is 107 Å². The van der Waals surface area contributed by atoms with E-state index >= 15 is 0 Å². The summed E-state index contributed by atoms with van der Waals surface area (Å²) in [4.78, 5) is 52.4. The van der Waals surface area contributed by atoms with Crippen LogP contribution >= 0.6 is 0 Å². The normalized spacial score (nSPS) is 17.7. The average Bonchev–Trinajstić information content (AvgIpc) is 2.72. The molecule has 1 aromatic carbocycles. The van der Waals surface area contributed by atoms with Crippen LogP contribution in [0, 0.1) is 5.41 Å². The summed E-state index contributed by atoms with van der Waals surface area (Å²) >= 11 is 0. The number of ether oxygens (including phenoxy) is 2. The quantitative estimate of drug-likeness (QED) is 0.754. The average molecular weight is 412 g/mol. The Morgan fingerprint density at radius 3 is 2.30 bits per heavy atom. The van der Waals surface area contributed by atoms with Crippen LogP contribution in [-0.4, -0.2) is 42.6 Å². The van der Waals surface area contributed by atoms with Gasteiger partial charge >= 0.3 is 5.97 Å². The fourth-order valence-corrected chi connectivity index (χ4v) is 4.32. The van der Waals surface area contributed by atoms with E-state index in [1.165, 1.54) is 27.2 Å². The minimum Gasteiger partial charge on any atom is -0.507 e. The van der Waals surface area contributed by atoms with Crippen molar-refractivity contribution in [3.63, 3.8) is 0 Å². The first-order valence-electron chi connectivity index (χ1n) is 9.65. The third-order valence-electron chi connectivity index (χ3n) is 5.81. The Morgan fingerprint density at radius 1 is 1.13 bits per heavy atom. The lowest BCUT2D eigenvalue weighted by Crippen LogP contribution is -2.41. The number of aliphatic hydroxyl groups is 1. The minimum absolute atomic E-state index is 0.0297. The first-order valence-corrected chi connectivity index (χ1v) is 9.65. The smallest absolute Gasteiger partial charge is 0.341 e. The molecule has 0 fully saturated rings. The molecule has 7 heteroatoms. The zero-order valence-corrected chi connectivity index (χ0v) is 17.9. The van der Waals surface area contributed by atoms with E-state index in [4.69, 9.17) is 9.47 Å². The number of benzene rings is 1. The molecule has 1 N–H and O–H groups in total. The molecule has 0 saturated carbocycles. The molecule has 158 valence electrons. The van der Waals surface area contributed by atoms with E-state index in [0.717, 1.165) is 0 Å². The fourth-order valence-electron chi connectivity index (χ4n) is 4.32. The van der Waals surface area contributed by atoms with E-state index in [9.17, 15) is 24.3 Å². The van der Waals surface area contributed by atoms with Crippen LogP contribution in [0.5, 0.6) is 5.75 Å². The van der Waals surface area contributed by atoms with Gasteiger partial charge in [-0.1, -0.05) is 13.3 Å². The standard InChI is InChI=1S/C23H24O7/c1-7-8-11-14-12(9-13(29-5)15(11)22(28)30-6)19(25)17-16(20(14)26)18(24)10(2)21(27)23(17,3)4/h9,24H,7-8H2,1-6H3. The molecule has 0 bridgehead atoms. The first-order chi connectivity index (χ1) is 14.0. The van der Waals surface area contributed by atoms with Gasteiger partial charge in [-0.3, -0.25) is 14.4 Å². The molecule has 0 unspecified atom stereocenters. The highest BCUT2D eigenvalue weighted by Gasteiger charge is 2.50. The van der Waals surface area contributed by atoms with Crippen LogP contribution < -0.4 is 4.74 Å². The van der Waals surface area contributed by atoms with Crippen LogP contribution in [0.3, 0.4) is 0 Å². The Balaban J connectivity index is 2.45. The summed E-state index contributed by atoms with van der Waals surface area (Å²) in [5, 5.41) is 10.6. The van der Waals surface area contributed by atoms with Crippen LogP contribution in [0.4, 0.5) is 0 Å². The number of hydrogen-bond acceptors (Lipinski definition) is 7. The van der Waals surface area contributed by atoms with Crippen LogP contribution in [0.2, 0.25) is 0 Å². The van der Waals surface area contributed by atoms with E-state index in [1.54, 1.807) is 13.8 Å². The van der Waals surface area contributed by atoms with Gasteiger partial charge in [-0.05, 0) is 38.8 Å². The molecule has 7 nitrogen and oxygen atoms in total. The number of rotatable bonds is 4. The second-order valence-corrected chi connectivity index (χ2v) is 7.93. The molecule has 0 heterocycles. The lowest BCUT2D eigenvalue weighted by Gasteiger charge is -2.36. The van der Waals surface area contributed by atoms with Gasteiger partial charge in [-0.15, -0.1) is 0 Å². The number of carbonyl (C=O) groups excluding carboxylic acids is 4. The molecule has 2 aliphatic rings. The van der Waals surface area contributed by atoms with Gasteiger partial charge in [-0.25, -0.2) is 4.79 Å².